The number of carbonyl (C=O) groups excluding carboxylic acids is 1. The van der Waals surface area contributed by atoms with Gasteiger partial charge in [-0.05, 0) is 25.5 Å². The number of fused-ring (bicyclic) bond motifs is 1. The maximum absolute atomic E-state index is 12.4. The third kappa shape index (κ3) is 3.13. The Morgan fingerprint density at radius 3 is 2.95 bits per heavy atom. The van der Waals surface area contributed by atoms with Crippen LogP contribution in [0.2, 0.25) is 0 Å². The molecule has 1 aromatic rings. The predicted octanol–water partition coefficient (Wildman–Crippen LogP) is 1.31. The molecule has 2 atom stereocenters. The van der Waals surface area contributed by atoms with Crippen LogP contribution in [0.4, 0.5) is 0 Å². The standard InChI is InChI=1S/C14H20N2O3S2/c1-11-13-3-2-5-15(13)6-7-16(11)14(17)9-20-12-4-8-21(18,19)10-12/h2-3,5,11-12H,4,6-10H2,1H3/t11-,12-/m1/s1. The topological polar surface area (TPSA) is 59.4 Å². The number of nitrogens with zero attached hydrogens (tertiary/aromatic N) is 2. The van der Waals surface area contributed by atoms with Crippen molar-refractivity contribution in [3.63, 3.8) is 0 Å². The van der Waals surface area contributed by atoms with E-state index in [1.54, 1.807) is 0 Å². The molecule has 3 heterocycles. The molecule has 2 aliphatic rings. The van der Waals surface area contributed by atoms with Gasteiger partial charge < -0.3 is 9.47 Å². The first-order valence-corrected chi connectivity index (χ1v) is 10.1. The maximum atomic E-state index is 12.4. The fraction of sp³-hybridized carbons (Fsp3) is 0.643. The number of sulfone groups is 1. The Balaban J connectivity index is 1.57. The first kappa shape index (κ1) is 15.0. The lowest BCUT2D eigenvalue weighted by Crippen LogP contribution is -2.41. The third-order valence-electron chi connectivity index (χ3n) is 4.30. The summed E-state index contributed by atoms with van der Waals surface area (Å²) in [5.74, 6) is 0.991. The van der Waals surface area contributed by atoms with Crippen molar-refractivity contribution in [1.29, 1.82) is 0 Å². The summed E-state index contributed by atoms with van der Waals surface area (Å²) in [6.07, 6.45) is 2.73. The van der Waals surface area contributed by atoms with E-state index in [0.717, 1.165) is 13.1 Å². The Kier molecular flexibility index (Phi) is 4.05. The van der Waals surface area contributed by atoms with Crippen molar-refractivity contribution in [2.45, 2.75) is 31.2 Å². The van der Waals surface area contributed by atoms with Crippen molar-refractivity contribution in [2.24, 2.45) is 0 Å². The van der Waals surface area contributed by atoms with Crippen molar-refractivity contribution in [2.75, 3.05) is 23.8 Å². The molecule has 116 valence electrons. The monoisotopic (exact) mass is 328 g/mol. The highest BCUT2D eigenvalue weighted by molar-refractivity contribution is 8.02. The summed E-state index contributed by atoms with van der Waals surface area (Å²) in [6, 6.07) is 4.16. The van der Waals surface area contributed by atoms with E-state index in [-0.39, 0.29) is 28.7 Å². The molecule has 2 aliphatic heterocycles. The Bertz CT molecular complexity index is 638. The van der Waals surface area contributed by atoms with Gasteiger partial charge in [0.05, 0.1) is 23.3 Å². The highest BCUT2D eigenvalue weighted by atomic mass is 32.2. The number of carbonyl (C=O) groups is 1. The second kappa shape index (κ2) is 5.68. The molecule has 1 amide bonds. The zero-order chi connectivity index (χ0) is 15.0. The SMILES string of the molecule is C[C@@H]1c2cccn2CCN1C(=O)CS[C@@H]1CCS(=O)(=O)C1. The highest BCUT2D eigenvalue weighted by Gasteiger charge is 2.31. The van der Waals surface area contributed by atoms with Crippen LogP contribution in [0, 0.1) is 0 Å². The summed E-state index contributed by atoms with van der Waals surface area (Å²) in [5.41, 5.74) is 1.17. The number of aromatic nitrogens is 1. The molecule has 0 spiro atoms. The first-order valence-electron chi connectivity index (χ1n) is 7.23. The quantitative estimate of drug-likeness (QED) is 0.839. The molecular formula is C14H20N2O3S2. The Morgan fingerprint density at radius 1 is 1.43 bits per heavy atom. The van der Waals surface area contributed by atoms with Gasteiger partial charge in [-0.1, -0.05) is 0 Å². The van der Waals surface area contributed by atoms with Crippen LogP contribution in [-0.4, -0.2) is 52.8 Å². The van der Waals surface area contributed by atoms with E-state index in [2.05, 4.69) is 10.6 Å². The summed E-state index contributed by atoms with van der Waals surface area (Å²) in [5, 5.41) is 0.0860. The minimum absolute atomic E-state index is 0.0860. The van der Waals surface area contributed by atoms with Gasteiger partial charge in [0.15, 0.2) is 9.84 Å². The van der Waals surface area contributed by atoms with Gasteiger partial charge in [0.2, 0.25) is 5.91 Å². The van der Waals surface area contributed by atoms with Crippen molar-refractivity contribution < 1.29 is 13.2 Å². The second-order valence-corrected chi connectivity index (χ2v) is 9.24. The summed E-state index contributed by atoms with van der Waals surface area (Å²) in [7, 11) is -2.86. The van der Waals surface area contributed by atoms with Crippen molar-refractivity contribution >= 4 is 27.5 Å². The Labute approximate surface area is 129 Å². The minimum Gasteiger partial charge on any atom is -0.348 e. The molecule has 1 saturated heterocycles. The normalized spacial score (nSPS) is 27.6. The van der Waals surface area contributed by atoms with E-state index >= 15 is 0 Å². The fourth-order valence-corrected chi connectivity index (χ4v) is 6.61. The number of hydrogen-bond acceptors (Lipinski definition) is 4. The summed E-state index contributed by atoms with van der Waals surface area (Å²) >= 11 is 1.50. The molecule has 0 unspecified atom stereocenters. The van der Waals surface area contributed by atoms with Gasteiger partial charge >= 0.3 is 0 Å². The molecule has 0 aromatic carbocycles. The molecule has 0 bridgehead atoms. The smallest absolute Gasteiger partial charge is 0.233 e. The number of thioether (sulfide) groups is 1. The van der Waals surface area contributed by atoms with Crippen LogP contribution < -0.4 is 0 Å². The second-order valence-electron chi connectivity index (χ2n) is 5.73. The van der Waals surface area contributed by atoms with Crippen LogP contribution in [0.5, 0.6) is 0 Å². The fourth-order valence-electron chi connectivity index (χ4n) is 3.08. The van der Waals surface area contributed by atoms with Crippen molar-refractivity contribution in [3.8, 4) is 0 Å². The molecule has 21 heavy (non-hydrogen) atoms. The number of rotatable bonds is 3. The van der Waals surface area contributed by atoms with Gasteiger partial charge in [-0.15, -0.1) is 11.8 Å². The van der Waals surface area contributed by atoms with Gasteiger partial charge in [-0.25, -0.2) is 8.42 Å². The van der Waals surface area contributed by atoms with E-state index in [1.165, 1.54) is 17.5 Å². The Morgan fingerprint density at radius 2 is 2.24 bits per heavy atom. The summed E-state index contributed by atoms with van der Waals surface area (Å²) < 4.78 is 25.1. The molecule has 0 N–H and O–H groups in total. The van der Waals surface area contributed by atoms with E-state index in [1.807, 2.05) is 24.1 Å². The van der Waals surface area contributed by atoms with Crippen molar-refractivity contribution in [3.05, 3.63) is 24.0 Å². The van der Waals surface area contributed by atoms with Crippen LogP contribution in [0.1, 0.15) is 25.1 Å². The van der Waals surface area contributed by atoms with Crippen molar-refractivity contribution in [1.82, 2.24) is 9.47 Å². The van der Waals surface area contributed by atoms with Gasteiger partial charge in [-0.3, -0.25) is 4.79 Å². The molecule has 7 heteroatoms. The molecule has 5 nitrogen and oxygen atoms in total. The lowest BCUT2D eigenvalue weighted by Gasteiger charge is -2.35. The van der Waals surface area contributed by atoms with Gasteiger partial charge in [-0.2, -0.15) is 0 Å². The summed E-state index contributed by atoms with van der Waals surface area (Å²) in [6.45, 7) is 3.61. The highest BCUT2D eigenvalue weighted by Crippen LogP contribution is 2.28. The maximum Gasteiger partial charge on any atom is 0.233 e. The first-order chi connectivity index (χ1) is 9.96. The minimum atomic E-state index is -2.86. The lowest BCUT2D eigenvalue weighted by atomic mass is 10.1. The Hall–Kier alpha value is -0.950. The molecule has 1 aromatic heterocycles. The predicted molar refractivity (Wildman–Crippen MR) is 84.1 cm³/mol. The summed E-state index contributed by atoms with van der Waals surface area (Å²) in [4.78, 5) is 14.3. The zero-order valence-electron chi connectivity index (χ0n) is 12.1. The average Bonchev–Trinajstić information content (AvgIpc) is 3.03. The third-order valence-corrected chi connectivity index (χ3v) is 7.56. The van der Waals surface area contributed by atoms with E-state index < -0.39 is 9.84 Å². The van der Waals surface area contributed by atoms with Crippen LogP contribution in [0.3, 0.4) is 0 Å². The molecule has 3 rings (SSSR count). The molecule has 0 aliphatic carbocycles. The van der Waals surface area contributed by atoms with E-state index in [4.69, 9.17) is 0 Å². The van der Waals surface area contributed by atoms with Crippen LogP contribution in [0.25, 0.3) is 0 Å². The van der Waals surface area contributed by atoms with Gasteiger partial charge in [0, 0.05) is 30.2 Å². The van der Waals surface area contributed by atoms with Gasteiger partial charge in [0.25, 0.3) is 0 Å². The van der Waals surface area contributed by atoms with Crippen LogP contribution in [0.15, 0.2) is 18.3 Å². The number of hydrogen-bond donors (Lipinski definition) is 0. The molecule has 0 saturated carbocycles. The van der Waals surface area contributed by atoms with E-state index in [9.17, 15) is 13.2 Å². The zero-order valence-corrected chi connectivity index (χ0v) is 13.7. The van der Waals surface area contributed by atoms with E-state index in [0.29, 0.717) is 12.2 Å². The number of amides is 1. The largest absolute Gasteiger partial charge is 0.348 e. The molecule has 1 fully saturated rings. The molecule has 0 radical (unpaired) electrons. The van der Waals surface area contributed by atoms with Crippen LogP contribution in [-0.2, 0) is 21.2 Å². The van der Waals surface area contributed by atoms with Gasteiger partial charge in [0.1, 0.15) is 0 Å². The van der Waals surface area contributed by atoms with Crippen LogP contribution >= 0.6 is 11.8 Å². The molecular weight excluding hydrogens is 308 g/mol. The average molecular weight is 328 g/mol. The lowest BCUT2D eigenvalue weighted by molar-refractivity contribution is -0.131.